The lowest BCUT2D eigenvalue weighted by atomic mass is 10.0. The molecule has 3 N–H and O–H groups in total. The Morgan fingerprint density at radius 2 is 0.758 bits per heavy atom. The van der Waals surface area contributed by atoms with Gasteiger partial charge in [0.2, 0.25) is 0 Å². The molecule has 0 spiro atoms. The van der Waals surface area contributed by atoms with Gasteiger partial charge in [-0.15, -0.1) is 0 Å². The Morgan fingerprint density at radius 3 is 1.11 bits per heavy atom. The van der Waals surface area contributed by atoms with E-state index in [4.69, 9.17) is 24.3 Å². The summed E-state index contributed by atoms with van der Waals surface area (Å²) in [5, 5.41) is 0. The predicted molar refractivity (Wildman–Crippen MR) is 284 cm³/mol. The zero-order valence-electron chi connectivity index (χ0n) is 44.0. The molecule has 9 heteroatoms. The molecule has 66 heavy (non-hydrogen) atoms. The number of phosphoric ester groups is 1. The topological polar surface area (TPSA) is 117 Å². The van der Waals surface area contributed by atoms with Crippen molar-refractivity contribution in [3.05, 3.63) is 24.3 Å². The van der Waals surface area contributed by atoms with Crippen molar-refractivity contribution >= 4 is 13.8 Å². The number of allylic oxidation sites excluding steroid dienone is 4. The van der Waals surface area contributed by atoms with Crippen LogP contribution in [0.5, 0.6) is 0 Å². The van der Waals surface area contributed by atoms with Gasteiger partial charge in [-0.25, -0.2) is 4.57 Å². The maximum absolute atomic E-state index is 12.7. The lowest BCUT2D eigenvalue weighted by Crippen LogP contribution is -2.28. The molecule has 392 valence electrons. The molecule has 8 nitrogen and oxygen atoms in total. The lowest BCUT2D eigenvalue weighted by molar-refractivity contribution is -0.154. The molecule has 2 unspecified atom stereocenters. The van der Waals surface area contributed by atoms with Gasteiger partial charge >= 0.3 is 13.8 Å². The SMILES string of the molecule is CCCCCCCCCC/C=C\CCCCCCCCCCCCCCOCC(COP(=O)(O)OCCN)OC(=O)CCCCCCCCCCCCC/C=C\CCCCCCCCCC. The maximum Gasteiger partial charge on any atom is 0.472 e. The fourth-order valence-corrected chi connectivity index (χ4v) is 9.34. The monoisotopic (exact) mass is 954 g/mol. The summed E-state index contributed by atoms with van der Waals surface area (Å²) in [5.41, 5.74) is 5.40. The Labute approximate surface area is 410 Å². The average molecular weight is 954 g/mol. The van der Waals surface area contributed by atoms with Crippen LogP contribution in [-0.4, -0.2) is 49.9 Å². The van der Waals surface area contributed by atoms with E-state index in [9.17, 15) is 14.3 Å². The van der Waals surface area contributed by atoms with Crippen molar-refractivity contribution < 1.29 is 32.8 Å². The second-order valence-electron chi connectivity index (χ2n) is 19.5. The Morgan fingerprint density at radius 1 is 0.439 bits per heavy atom. The quantitative estimate of drug-likeness (QED) is 0.0268. The molecule has 0 bridgehead atoms. The van der Waals surface area contributed by atoms with E-state index in [2.05, 4.69) is 38.2 Å². The van der Waals surface area contributed by atoms with E-state index in [1.807, 2.05) is 0 Å². The number of carbonyl (C=O) groups excluding carboxylic acids is 1. The molecule has 0 fully saturated rings. The van der Waals surface area contributed by atoms with Crippen LogP contribution in [0.4, 0.5) is 0 Å². The number of hydrogen-bond donors (Lipinski definition) is 2. The second-order valence-corrected chi connectivity index (χ2v) is 21.0. The van der Waals surface area contributed by atoms with E-state index in [1.54, 1.807) is 0 Å². The van der Waals surface area contributed by atoms with E-state index >= 15 is 0 Å². The van der Waals surface area contributed by atoms with Crippen LogP contribution in [0.15, 0.2) is 24.3 Å². The highest BCUT2D eigenvalue weighted by Gasteiger charge is 2.25. The molecular formula is C57H112NO7P. The highest BCUT2D eigenvalue weighted by atomic mass is 31.2. The number of phosphoric acid groups is 1. The van der Waals surface area contributed by atoms with Crippen molar-refractivity contribution in [2.24, 2.45) is 5.73 Å². The van der Waals surface area contributed by atoms with Gasteiger partial charge in [0.05, 0.1) is 19.8 Å². The van der Waals surface area contributed by atoms with Gasteiger partial charge in [-0.3, -0.25) is 13.8 Å². The van der Waals surface area contributed by atoms with Gasteiger partial charge in [-0.1, -0.05) is 250 Å². The Hall–Kier alpha value is -1.02. The minimum Gasteiger partial charge on any atom is -0.457 e. The summed E-state index contributed by atoms with van der Waals surface area (Å²) in [6, 6.07) is 0. The molecule has 0 aliphatic carbocycles. The molecule has 0 radical (unpaired) electrons. The van der Waals surface area contributed by atoms with E-state index in [1.165, 1.54) is 244 Å². The highest BCUT2D eigenvalue weighted by Crippen LogP contribution is 2.43. The predicted octanol–water partition coefficient (Wildman–Crippen LogP) is 18.3. The smallest absolute Gasteiger partial charge is 0.457 e. The third-order valence-electron chi connectivity index (χ3n) is 12.8. The van der Waals surface area contributed by atoms with Gasteiger partial charge < -0.3 is 20.1 Å². The number of nitrogens with two attached hydrogens (primary N) is 1. The summed E-state index contributed by atoms with van der Waals surface area (Å²) in [6.45, 7) is 4.99. The molecule has 0 rings (SSSR count). The summed E-state index contributed by atoms with van der Waals surface area (Å²) >= 11 is 0. The largest absolute Gasteiger partial charge is 0.472 e. The van der Waals surface area contributed by atoms with Crippen LogP contribution in [0.25, 0.3) is 0 Å². The van der Waals surface area contributed by atoms with Crippen LogP contribution in [0.3, 0.4) is 0 Å². The molecular weight excluding hydrogens is 842 g/mol. The van der Waals surface area contributed by atoms with Crippen LogP contribution in [0.1, 0.15) is 296 Å². The van der Waals surface area contributed by atoms with E-state index in [0.29, 0.717) is 13.0 Å². The molecule has 2 atom stereocenters. The fraction of sp³-hybridized carbons (Fsp3) is 0.912. The summed E-state index contributed by atoms with van der Waals surface area (Å²) in [4.78, 5) is 22.7. The number of unbranched alkanes of at least 4 members (excludes halogenated alkanes) is 39. The number of hydrogen-bond acceptors (Lipinski definition) is 7. The summed E-state index contributed by atoms with van der Waals surface area (Å²) in [6.07, 6.45) is 65.2. The van der Waals surface area contributed by atoms with Crippen LogP contribution in [0, 0.1) is 0 Å². The Kier molecular flexibility index (Phi) is 54.1. The van der Waals surface area contributed by atoms with Crippen molar-refractivity contribution in [3.8, 4) is 0 Å². The third kappa shape index (κ3) is 53.9. The van der Waals surface area contributed by atoms with Crippen molar-refractivity contribution in [1.82, 2.24) is 0 Å². The van der Waals surface area contributed by atoms with Crippen LogP contribution < -0.4 is 5.73 Å². The van der Waals surface area contributed by atoms with Crippen molar-refractivity contribution in [2.75, 3.05) is 33.0 Å². The normalized spacial score (nSPS) is 13.3. The van der Waals surface area contributed by atoms with E-state index in [-0.39, 0.29) is 32.3 Å². The van der Waals surface area contributed by atoms with Gasteiger partial charge in [0, 0.05) is 19.6 Å². The van der Waals surface area contributed by atoms with E-state index < -0.39 is 13.9 Å². The molecule has 0 heterocycles. The highest BCUT2D eigenvalue weighted by molar-refractivity contribution is 7.47. The first-order valence-electron chi connectivity index (χ1n) is 28.8. The van der Waals surface area contributed by atoms with Gasteiger partial charge in [0.15, 0.2) is 0 Å². The number of ether oxygens (including phenoxy) is 2. The molecule has 0 aromatic heterocycles. The van der Waals surface area contributed by atoms with Crippen molar-refractivity contribution in [2.45, 2.75) is 302 Å². The van der Waals surface area contributed by atoms with Crippen molar-refractivity contribution in [3.63, 3.8) is 0 Å². The Balaban J connectivity index is 3.86. The summed E-state index contributed by atoms with van der Waals surface area (Å²) in [7, 11) is -4.28. The van der Waals surface area contributed by atoms with Crippen LogP contribution in [0.2, 0.25) is 0 Å². The average Bonchev–Trinajstić information content (AvgIpc) is 3.31. The van der Waals surface area contributed by atoms with Gasteiger partial charge in [-0.05, 0) is 64.2 Å². The first-order chi connectivity index (χ1) is 32.4. The lowest BCUT2D eigenvalue weighted by Gasteiger charge is -2.20. The molecule has 0 aromatic rings. The standard InChI is InChI=1S/C57H112NO7P/c1-3-5-7-9-11-13-15-17-19-21-23-25-27-29-31-33-35-37-39-41-43-45-47-49-52-62-54-56(55-64-66(60,61)63-53-51-58)65-57(59)50-48-46-44-42-40-38-36-34-32-30-28-26-24-22-20-18-16-14-12-10-8-6-4-2/h21-24,56H,3-20,25-55,58H2,1-2H3,(H,60,61)/b23-21-,24-22-. The number of carbonyl (C=O) groups is 1. The van der Waals surface area contributed by atoms with E-state index in [0.717, 1.165) is 32.1 Å². The van der Waals surface area contributed by atoms with Crippen molar-refractivity contribution in [1.29, 1.82) is 0 Å². The van der Waals surface area contributed by atoms with Gasteiger partial charge in [0.25, 0.3) is 0 Å². The Bertz CT molecular complexity index is 1070. The first kappa shape index (κ1) is 65.0. The summed E-state index contributed by atoms with van der Waals surface area (Å²) in [5.74, 6) is -0.325. The zero-order chi connectivity index (χ0) is 48.0. The van der Waals surface area contributed by atoms with Crippen LogP contribution >= 0.6 is 7.82 Å². The van der Waals surface area contributed by atoms with Crippen LogP contribution in [-0.2, 0) is 27.9 Å². The number of esters is 1. The third-order valence-corrected chi connectivity index (χ3v) is 13.8. The molecule has 0 saturated heterocycles. The molecule has 0 saturated carbocycles. The zero-order valence-corrected chi connectivity index (χ0v) is 44.9. The second kappa shape index (κ2) is 54.9. The number of rotatable bonds is 56. The van der Waals surface area contributed by atoms with Gasteiger partial charge in [0.1, 0.15) is 6.10 Å². The molecule has 0 aliphatic heterocycles. The molecule has 0 aliphatic rings. The summed E-state index contributed by atoms with van der Waals surface area (Å²) < 4.78 is 33.7. The van der Waals surface area contributed by atoms with Gasteiger partial charge in [-0.2, -0.15) is 0 Å². The minimum absolute atomic E-state index is 0.0932. The molecule has 0 aromatic carbocycles. The first-order valence-corrected chi connectivity index (χ1v) is 30.3. The molecule has 0 amide bonds. The maximum atomic E-state index is 12.7. The minimum atomic E-state index is -4.28. The fourth-order valence-electron chi connectivity index (χ4n) is 8.58.